The number of hydrogen-bond donors (Lipinski definition) is 0. The first-order valence-electron chi connectivity index (χ1n) is 3.95. The molecular formula is C8H7NO4. The van der Waals surface area contributed by atoms with Gasteiger partial charge in [0.2, 0.25) is 0 Å². The fourth-order valence-electron chi connectivity index (χ4n) is 1.25. The molecular weight excluding hydrogens is 174 g/mol. The van der Waals surface area contributed by atoms with Gasteiger partial charge in [-0.3, -0.25) is 14.9 Å². The molecule has 0 unspecified atom stereocenters. The van der Waals surface area contributed by atoms with E-state index in [1.807, 2.05) is 0 Å². The number of hydrogen-bond acceptors (Lipinski definition) is 4. The summed E-state index contributed by atoms with van der Waals surface area (Å²) in [5.41, 5.74) is -0.0652. The molecule has 0 N–H and O–H groups in total. The van der Waals surface area contributed by atoms with Crippen LogP contribution in [0.5, 0.6) is 0 Å². The van der Waals surface area contributed by atoms with Crippen molar-refractivity contribution >= 4 is 12.0 Å². The third kappa shape index (κ3) is 1.32. The number of carbonyl (C=O) groups is 1. The summed E-state index contributed by atoms with van der Waals surface area (Å²) in [5.74, 6) is 0.537. The van der Waals surface area contributed by atoms with Gasteiger partial charge in [0.15, 0.2) is 17.8 Å². The molecule has 1 aliphatic rings. The molecule has 0 amide bonds. The fourth-order valence-corrected chi connectivity index (χ4v) is 1.25. The fraction of sp³-hybridized carbons (Fsp3) is 0.375. The van der Waals surface area contributed by atoms with Gasteiger partial charge in [0, 0.05) is 5.92 Å². The highest BCUT2D eigenvalue weighted by molar-refractivity contribution is 5.72. The Labute approximate surface area is 73.5 Å². The Kier molecular flexibility index (Phi) is 1.65. The van der Waals surface area contributed by atoms with Crippen molar-refractivity contribution in [2.75, 3.05) is 0 Å². The van der Waals surface area contributed by atoms with Gasteiger partial charge in [-0.25, -0.2) is 0 Å². The summed E-state index contributed by atoms with van der Waals surface area (Å²) >= 11 is 0. The minimum absolute atomic E-state index is 0.0357. The van der Waals surface area contributed by atoms with E-state index in [-0.39, 0.29) is 17.4 Å². The highest BCUT2D eigenvalue weighted by Gasteiger charge is 2.35. The van der Waals surface area contributed by atoms with Gasteiger partial charge in [-0.1, -0.05) is 0 Å². The maximum absolute atomic E-state index is 10.5. The first-order chi connectivity index (χ1) is 6.22. The molecule has 5 nitrogen and oxygen atoms in total. The number of rotatable bonds is 3. The van der Waals surface area contributed by atoms with Gasteiger partial charge in [0.05, 0.1) is 11.0 Å². The van der Waals surface area contributed by atoms with Crippen LogP contribution in [0.25, 0.3) is 0 Å². The maximum Gasteiger partial charge on any atom is 0.311 e. The summed E-state index contributed by atoms with van der Waals surface area (Å²) in [6.45, 7) is 0. The van der Waals surface area contributed by atoms with Gasteiger partial charge in [-0.15, -0.1) is 0 Å². The largest absolute Gasteiger partial charge is 0.451 e. The third-order valence-electron chi connectivity index (χ3n) is 2.02. The Hall–Kier alpha value is -1.65. The maximum atomic E-state index is 10.5. The first kappa shape index (κ1) is 7.97. The zero-order chi connectivity index (χ0) is 9.42. The molecule has 1 aromatic heterocycles. The molecule has 5 heteroatoms. The molecule has 0 saturated heterocycles. The van der Waals surface area contributed by atoms with E-state index in [9.17, 15) is 14.9 Å². The molecule has 0 aromatic carbocycles. The minimum atomic E-state index is -0.510. The Morgan fingerprint density at radius 1 is 1.62 bits per heavy atom. The molecule has 0 aliphatic heterocycles. The lowest BCUT2D eigenvalue weighted by molar-refractivity contribution is -0.386. The summed E-state index contributed by atoms with van der Waals surface area (Å²) in [7, 11) is 0. The van der Waals surface area contributed by atoms with Crippen LogP contribution in [0.15, 0.2) is 10.5 Å². The van der Waals surface area contributed by atoms with Crippen LogP contribution in [0.2, 0.25) is 0 Å². The second-order valence-electron chi connectivity index (χ2n) is 3.05. The predicted molar refractivity (Wildman–Crippen MR) is 42.7 cm³/mol. The van der Waals surface area contributed by atoms with E-state index in [2.05, 4.69) is 0 Å². The molecule has 2 rings (SSSR count). The number of carbonyl (C=O) groups excluding carboxylic acids is 1. The van der Waals surface area contributed by atoms with Gasteiger partial charge in [0.1, 0.15) is 0 Å². The Bertz CT molecular complexity index is 364. The van der Waals surface area contributed by atoms with Crippen molar-refractivity contribution in [3.8, 4) is 0 Å². The summed E-state index contributed by atoms with van der Waals surface area (Å²) < 4.78 is 5.04. The highest BCUT2D eigenvalue weighted by atomic mass is 16.6. The first-order valence-corrected chi connectivity index (χ1v) is 3.95. The molecule has 1 heterocycles. The molecule has 0 radical (unpaired) electrons. The minimum Gasteiger partial charge on any atom is -0.451 e. The van der Waals surface area contributed by atoms with Crippen molar-refractivity contribution in [3.63, 3.8) is 0 Å². The van der Waals surface area contributed by atoms with Crippen LogP contribution < -0.4 is 0 Å². The van der Waals surface area contributed by atoms with Crippen molar-refractivity contribution in [1.82, 2.24) is 0 Å². The lowest BCUT2D eigenvalue weighted by Gasteiger charge is -1.89. The van der Waals surface area contributed by atoms with Gasteiger partial charge < -0.3 is 4.42 Å². The van der Waals surface area contributed by atoms with Gasteiger partial charge in [0.25, 0.3) is 0 Å². The normalized spacial score (nSPS) is 15.7. The SMILES string of the molecule is O=Cc1cc([N+](=O)[O-])c(C2CC2)o1. The smallest absolute Gasteiger partial charge is 0.311 e. The lowest BCUT2D eigenvalue weighted by Crippen LogP contribution is -1.88. The Morgan fingerprint density at radius 3 is 2.77 bits per heavy atom. The Balaban J connectivity index is 2.44. The van der Waals surface area contributed by atoms with Crippen LogP contribution in [0.1, 0.15) is 35.1 Å². The number of furan rings is 1. The van der Waals surface area contributed by atoms with Crippen molar-refractivity contribution in [2.45, 2.75) is 18.8 Å². The van der Waals surface area contributed by atoms with Crippen molar-refractivity contribution < 1.29 is 14.1 Å². The standard InChI is InChI=1S/C8H7NO4/c10-4-6-3-7(9(11)12)8(13-6)5-1-2-5/h3-5H,1-2H2. The summed E-state index contributed by atoms with van der Waals surface area (Å²) in [6, 6.07) is 1.18. The zero-order valence-corrected chi connectivity index (χ0v) is 6.73. The molecule has 0 spiro atoms. The third-order valence-corrected chi connectivity index (χ3v) is 2.02. The quantitative estimate of drug-likeness (QED) is 0.405. The zero-order valence-electron chi connectivity index (χ0n) is 6.73. The summed E-state index contributed by atoms with van der Waals surface area (Å²) in [6.07, 6.45) is 2.30. The van der Waals surface area contributed by atoms with E-state index in [0.29, 0.717) is 12.0 Å². The number of aldehydes is 1. The van der Waals surface area contributed by atoms with E-state index >= 15 is 0 Å². The van der Waals surface area contributed by atoms with E-state index in [4.69, 9.17) is 4.42 Å². The average molecular weight is 181 g/mol. The molecule has 1 saturated carbocycles. The lowest BCUT2D eigenvalue weighted by atomic mass is 10.3. The van der Waals surface area contributed by atoms with Crippen molar-refractivity contribution in [3.05, 3.63) is 27.7 Å². The van der Waals surface area contributed by atoms with Crippen LogP contribution in [-0.2, 0) is 0 Å². The van der Waals surface area contributed by atoms with Crippen molar-refractivity contribution in [1.29, 1.82) is 0 Å². The van der Waals surface area contributed by atoms with Crippen LogP contribution in [0.4, 0.5) is 5.69 Å². The summed E-state index contributed by atoms with van der Waals surface area (Å²) in [5, 5.41) is 10.5. The van der Waals surface area contributed by atoms with E-state index < -0.39 is 4.92 Å². The van der Waals surface area contributed by atoms with Crippen molar-refractivity contribution in [2.24, 2.45) is 0 Å². The molecule has 13 heavy (non-hydrogen) atoms. The van der Waals surface area contributed by atoms with Crippen LogP contribution in [0.3, 0.4) is 0 Å². The number of nitro groups is 1. The topological polar surface area (TPSA) is 73.3 Å². The Morgan fingerprint density at radius 2 is 2.31 bits per heavy atom. The van der Waals surface area contributed by atoms with Crippen LogP contribution in [-0.4, -0.2) is 11.2 Å². The van der Waals surface area contributed by atoms with Crippen LogP contribution in [0, 0.1) is 10.1 Å². The summed E-state index contributed by atoms with van der Waals surface area (Å²) in [4.78, 5) is 20.3. The second-order valence-corrected chi connectivity index (χ2v) is 3.05. The molecule has 0 atom stereocenters. The predicted octanol–water partition coefficient (Wildman–Crippen LogP) is 1.88. The molecule has 0 bridgehead atoms. The van der Waals surface area contributed by atoms with Gasteiger partial charge >= 0.3 is 5.69 Å². The van der Waals surface area contributed by atoms with Crippen LogP contribution >= 0.6 is 0 Å². The molecule has 1 aliphatic carbocycles. The molecule has 68 valence electrons. The average Bonchev–Trinajstić information content (AvgIpc) is 2.84. The van der Waals surface area contributed by atoms with Gasteiger partial charge in [-0.05, 0) is 12.8 Å². The second kappa shape index (κ2) is 2.69. The van der Waals surface area contributed by atoms with Gasteiger partial charge in [-0.2, -0.15) is 0 Å². The molecule has 1 aromatic rings. The van der Waals surface area contributed by atoms with E-state index in [1.165, 1.54) is 6.07 Å². The monoisotopic (exact) mass is 181 g/mol. The highest BCUT2D eigenvalue weighted by Crippen LogP contribution is 2.45. The van der Waals surface area contributed by atoms with E-state index in [0.717, 1.165) is 12.8 Å². The number of nitrogens with zero attached hydrogens (tertiary/aromatic N) is 1. The molecule has 1 fully saturated rings. The van der Waals surface area contributed by atoms with E-state index in [1.54, 1.807) is 0 Å².